The van der Waals surface area contributed by atoms with Gasteiger partial charge in [-0.05, 0) is 63.8 Å². The first-order valence-electron chi connectivity index (χ1n) is 11.1. The molecule has 0 aliphatic carbocycles. The lowest BCUT2D eigenvalue weighted by molar-refractivity contribution is -0.155. The summed E-state index contributed by atoms with van der Waals surface area (Å²) in [4.78, 5) is 41.9. The first-order chi connectivity index (χ1) is 15.3. The molecule has 0 saturated carbocycles. The zero-order valence-electron chi connectivity index (χ0n) is 18.3. The van der Waals surface area contributed by atoms with Gasteiger partial charge >= 0.3 is 5.97 Å². The summed E-state index contributed by atoms with van der Waals surface area (Å²) >= 11 is 7.58. The summed E-state index contributed by atoms with van der Waals surface area (Å²) in [6.07, 6.45) is 2.57. The van der Waals surface area contributed by atoms with Crippen molar-refractivity contribution in [2.45, 2.75) is 55.1 Å². The molecule has 4 rings (SSSR count). The number of hydrogen-bond donors (Lipinski definition) is 2. The molecular formula is C23H29ClN2O5S. The molecule has 1 aromatic rings. The minimum Gasteiger partial charge on any atom is -0.466 e. The van der Waals surface area contributed by atoms with Crippen LogP contribution in [0.5, 0.6) is 0 Å². The molecule has 2 amide bonds. The van der Waals surface area contributed by atoms with Crippen molar-refractivity contribution in [3.63, 3.8) is 0 Å². The summed E-state index contributed by atoms with van der Waals surface area (Å²) in [7, 11) is 0. The van der Waals surface area contributed by atoms with Gasteiger partial charge in [0, 0.05) is 28.6 Å². The summed E-state index contributed by atoms with van der Waals surface area (Å²) in [6.45, 7) is 4.42. The molecule has 3 fully saturated rings. The number of carbonyl (C=O) groups is 3. The van der Waals surface area contributed by atoms with Gasteiger partial charge in [-0.2, -0.15) is 0 Å². The average molecular weight is 481 g/mol. The molecule has 2 N–H and O–H groups in total. The van der Waals surface area contributed by atoms with Crippen molar-refractivity contribution >= 4 is 46.8 Å². The van der Waals surface area contributed by atoms with Crippen molar-refractivity contribution in [3.8, 4) is 0 Å². The Labute approximate surface area is 197 Å². The smallest absolute Gasteiger partial charge is 0.311 e. The Kier molecular flexibility index (Phi) is 6.49. The van der Waals surface area contributed by atoms with E-state index in [4.69, 9.17) is 16.3 Å². The van der Waals surface area contributed by atoms with Gasteiger partial charge in [0.1, 0.15) is 6.04 Å². The fourth-order valence-electron chi connectivity index (χ4n) is 5.69. The van der Waals surface area contributed by atoms with E-state index in [1.165, 1.54) is 0 Å². The molecule has 7 nitrogen and oxygen atoms in total. The van der Waals surface area contributed by atoms with E-state index in [1.54, 1.807) is 47.9 Å². The SMILES string of the molecule is CCOC(=O)[C@@H]1[C@H]2C(=O)N(CCCCO)C(C(=O)Nc3ccc(Cl)cc3)C23CC[C@@]1(C)S3. The first kappa shape index (κ1) is 23.4. The summed E-state index contributed by atoms with van der Waals surface area (Å²) in [6, 6.07) is 6.16. The number of aliphatic hydroxyl groups is 1. The average Bonchev–Trinajstić information content (AvgIpc) is 3.31. The van der Waals surface area contributed by atoms with Crippen LogP contribution in [0.4, 0.5) is 5.69 Å². The van der Waals surface area contributed by atoms with E-state index < -0.39 is 27.4 Å². The molecule has 1 aromatic carbocycles. The van der Waals surface area contributed by atoms with Gasteiger partial charge in [0.05, 0.1) is 23.2 Å². The molecule has 9 heteroatoms. The Morgan fingerprint density at radius 2 is 2.00 bits per heavy atom. The molecule has 3 saturated heterocycles. The third kappa shape index (κ3) is 3.70. The van der Waals surface area contributed by atoms with E-state index in [1.807, 2.05) is 6.92 Å². The highest BCUT2D eigenvalue weighted by molar-refractivity contribution is 8.02. The van der Waals surface area contributed by atoms with Crippen LogP contribution in [0.2, 0.25) is 5.02 Å². The van der Waals surface area contributed by atoms with Crippen LogP contribution in [0.15, 0.2) is 24.3 Å². The van der Waals surface area contributed by atoms with Crippen LogP contribution in [0, 0.1) is 11.8 Å². The molecule has 174 valence electrons. The molecule has 32 heavy (non-hydrogen) atoms. The number of halogens is 1. The minimum absolute atomic E-state index is 0.0243. The number of rotatable bonds is 8. The molecule has 5 atom stereocenters. The Bertz CT molecular complexity index is 912. The van der Waals surface area contributed by atoms with E-state index in [9.17, 15) is 19.5 Å². The second-order valence-corrected chi connectivity index (χ2v) is 11.3. The number of esters is 1. The predicted octanol–water partition coefficient (Wildman–Crippen LogP) is 3.10. The molecule has 1 spiro atoms. The van der Waals surface area contributed by atoms with Gasteiger partial charge in [0.2, 0.25) is 11.8 Å². The number of benzene rings is 1. The van der Waals surface area contributed by atoms with Crippen LogP contribution in [0.1, 0.15) is 39.5 Å². The van der Waals surface area contributed by atoms with E-state index >= 15 is 0 Å². The van der Waals surface area contributed by atoms with Crippen LogP contribution in [-0.4, -0.2) is 63.1 Å². The van der Waals surface area contributed by atoms with Gasteiger partial charge in [-0.1, -0.05) is 11.6 Å². The van der Waals surface area contributed by atoms with Crippen LogP contribution >= 0.6 is 23.4 Å². The maximum absolute atomic E-state index is 13.7. The van der Waals surface area contributed by atoms with Crippen molar-refractivity contribution in [1.29, 1.82) is 0 Å². The highest BCUT2D eigenvalue weighted by atomic mass is 35.5. The van der Waals surface area contributed by atoms with Crippen molar-refractivity contribution < 1.29 is 24.2 Å². The lowest BCUT2D eigenvalue weighted by atomic mass is 9.66. The number of nitrogens with zero attached hydrogens (tertiary/aromatic N) is 1. The molecule has 3 aliphatic rings. The number of thioether (sulfide) groups is 1. The lowest BCUT2D eigenvalue weighted by Gasteiger charge is -2.34. The van der Waals surface area contributed by atoms with Gasteiger partial charge in [0.15, 0.2) is 0 Å². The number of ether oxygens (including phenoxy) is 1. The van der Waals surface area contributed by atoms with Gasteiger partial charge < -0.3 is 20.1 Å². The van der Waals surface area contributed by atoms with Crippen LogP contribution in [0.25, 0.3) is 0 Å². The van der Waals surface area contributed by atoms with Gasteiger partial charge in [-0.3, -0.25) is 14.4 Å². The molecule has 3 aliphatic heterocycles. The molecule has 0 radical (unpaired) electrons. The zero-order valence-corrected chi connectivity index (χ0v) is 19.9. The van der Waals surface area contributed by atoms with Gasteiger partial charge in [-0.25, -0.2) is 0 Å². The molecule has 3 heterocycles. The number of amides is 2. The fraction of sp³-hybridized carbons (Fsp3) is 0.609. The number of nitrogens with one attached hydrogen (secondary N) is 1. The van der Waals surface area contributed by atoms with Crippen LogP contribution in [-0.2, 0) is 19.1 Å². The highest BCUT2D eigenvalue weighted by Crippen LogP contribution is 2.71. The molecule has 2 unspecified atom stereocenters. The Morgan fingerprint density at radius 3 is 2.66 bits per heavy atom. The Balaban J connectivity index is 1.69. The molecule has 2 bridgehead atoms. The molecular weight excluding hydrogens is 452 g/mol. The first-order valence-corrected chi connectivity index (χ1v) is 12.3. The van der Waals surface area contributed by atoms with Crippen LogP contribution < -0.4 is 5.32 Å². The number of carbonyl (C=O) groups excluding carboxylic acids is 3. The van der Waals surface area contributed by atoms with Gasteiger partial charge in [-0.15, -0.1) is 11.8 Å². The number of likely N-dealkylation sites (tertiary alicyclic amines) is 1. The van der Waals surface area contributed by atoms with E-state index in [2.05, 4.69) is 5.32 Å². The number of hydrogen-bond acceptors (Lipinski definition) is 6. The summed E-state index contributed by atoms with van der Waals surface area (Å²) in [5, 5.41) is 12.7. The third-order valence-electron chi connectivity index (χ3n) is 6.98. The fourth-order valence-corrected chi connectivity index (χ4v) is 8.17. The van der Waals surface area contributed by atoms with E-state index in [0.717, 1.165) is 6.42 Å². The summed E-state index contributed by atoms with van der Waals surface area (Å²) in [5.41, 5.74) is 0.604. The second-order valence-electron chi connectivity index (χ2n) is 8.94. The van der Waals surface area contributed by atoms with Crippen molar-refractivity contribution in [2.75, 3.05) is 25.1 Å². The Hall–Kier alpha value is -1.77. The monoisotopic (exact) mass is 480 g/mol. The number of unbranched alkanes of at least 4 members (excludes halogenated alkanes) is 1. The van der Waals surface area contributed by atoms with Crippen LogP contribution in [0.3, 0.4) is 0 Å². The highest BCUT2D eigenvalue weighted by Gasteiger charge is 2.77. The summed E-state index contributed by atoms with van der Waals surface area (Å²) < 4.78 is 4.27. The largest absolute Gasteiger partial charge is 0.466 e. The number of anilines is 1. The maximum Gasteiger partial charge on any atom is 0.311 e. The standard InChI is InChI=1S/C23H29ClN2O5S/c1-3-31-21(30)17-16-20(29)26(12-4-5-13-27)18(23(16)11-10-22(17,2)32-23)19(28)25-15-8-6-14(24)7-9-15/h6-9,16-18,27H,3-5,10-13H2,1-2H3,(H,25,28)/t16-,17-,18?,22+,23?/m0/s1. The second kappa shape index (κ2) is 8.88. The predicted molar refractivity (Wildman–Crippen MR) is 123 cm³/mol. The van der Waals surface area contributed by atoms with E-state index in [-0.39, 0.29) is 31.0 Å². The molecule has 0 aromatic heterocycles. The van der Waals surface area contributed by atoms with Crippen molar-refractivity contribution in [1.82, 2.24) is 4.90 Å². The van der Waals surface area contributed by atoms with E-state index in [0.29, 0.717) is 36.5 Å². The maximum atomic E-state index is 13.7. The minimum atomic E-state index is -0.694. The number of aliphatic hydroxyl groups excluding tert-OH is 1. The van der Waals surface area contributed by atoms with Crippen molar-refractivity contribution in [3.05, 3.63) is 29.3 Å². The summed E-state index contributed by atoms with van der Waals surface area (Å²) in [5.74, 6) is -1.92. The van der Waals surface area contributed by atoms with Gasteiger partial charge in [0.25, 0.3) is 0 Å². The third-order valence-corrected chi connectivity index (χ3v) is 9.22. The normalized spacial score (nSPS) is 32.8. The lowest BCUT2D eigenvalue weighted by Crippen LogP contribution is -2.51. The Morgan fingerprint density at radius 1 is 1.28 bits per heavy atom. The topological polar surface area (TPSA) is 95.9 Å². The van der Waals surface area contributed by atoms with Crippen molar-refractivity contribution in [2.24, 2.45) is 11.8 Å². The number of fused-ring (bicyclic) bond motifs is 1. The quantitative estimate of drug-likeness (QED) is 0.438. The zero-order chi connectivity index (χ0) is 23.1.